The molecule has 3 aromatic rings. The minimum Gasteiger partial charge on any atom is -0.493 e. The van der Waals surface area contributed by atoms with E-state index >= 15 is 4.79 Å². The molecule has 6 rings (SSSR count). The molecule has 2 aliphatic heterocycles. The monoisotopic (exact) mass is 773 g/mol. The van der Waals surface area contributed by atoms with Crippen LogP contribution in [0.2, 0.25) is 5.02 Å². The number of hydrogen-bond donors (Lipinski definition) is 1. The number of allylic oxidation sites excluding steroid dienone is 3. The molecular weight excluding hydrogens is 725 g/mol. The number of amides is 3. The highest BCUT2D eigenvalue weighted by molar-refractivity contribution is 6.30. The number of aliphatic imine (C=N–C) groups is 1. The van der Waals surface area contributed by atoms with Crippen molar-refractivity contribution in [1.29, 1.82) is 0 Å². The lowest BCUT2D eigenvalue weighted by molar-refractivity contribution is -0.117. The van der Waals surface area contributed by atoms with Gasteiger partial charge in [0.2, 0.25) is 11.8 Å². The Bertz CT molecular complexity index is 1990. The van der Waals surface area contributed by atoms with Gasteiger partial charge >= 0.3 is 6.03 Å². The zero-order valence-corrected chi connectivity index (χ0v) is 33.6. The topological polar surface area (TPSA) is 112 Å². The normalized spacial score (nSPS) is 22.0. The third-order valence-corrected chi connectivity index (χ3v) is 11.2. The minimum absolute atomic E-state index is 0.159. The van der Waals surface area contributed by atoms with Crippen molar-refractivity contribution in [3.8, 4) is 11.6 Å². The Morgan fingerprint density at radius 3 is 2.33 bits per heavy atom. The number of aromatic nitrogens is 2. The third-order valence-electron chi connectivity index (χ3n) is 10.7. The van der Waals surface area contributed by atoms with E-state index in [0.29, 0.717) is 79.4 Å². The molecule has 3 aliphatic rings. The number of nitrogens with zero attached hydrogens (tertiary/aromatic N) is 6. The summed E-state index contributed by atoms with van der Waals surface area (Å²) < 4.78 is 11.6. The molecule has 2 unspecified atom stereocenters. The number of halogens is 2. The number of nitrogens with one attached hydrogen (secondary N) is 1. The first-order valence-corrected chi connectivity index (χ1v) is 19.1. The molecule has 1 saturated heterocycles. The second-order valence-corrected chi connectivity index (χ2v) is 16.1. The lowest BCUT2D eigenvalue weighted by Crippen LogP contribution is -2.63. The van der Waals surface area contributed by atoms with Crippen molar-refractivity contribution in [1.82, 2.24) is 24.7 Å². The molecule has 1 N–H and O–H groups in total. The number of hydrogen-bond acceptors (Lipinski definition) is 8. The number of rotatable bonds is 9. The highest BCUT2D eigenvalue weighted by atomic mass is 35.5. The van der Waals surface area contributed by atoms with Crippen molar-refractivity contribution < 1.29 is 19.1 Å². The number of amidine groups is 1. The van der Waals surface area contributed by atoms with Crippen molar-refractivity contribution in [2.45, 2.75) is 70.9 Å². The number of carbonyl (C=O) groups is 2. The average Bonchev–Trinajstić information content (AvgIpc) is 3.39. The third kappa shape index (κ3) is 7.59. The molecule has 2 aromatic heterocycles. The molecule has 0 saturated carbocycles. The largest absolute Gasteiger partial charge is 0.493 e. The predicted octanol–water partition coefficient (Wildman–Crippen LogP) is 7.79. The van der Waals surface area contributed by atoms with E-state index in [4.69, 9.17) is 42.7 Å². The Morgan fingerprint density at radius 1 is 0.981 bits per heavy atom. The number of benzene rings is 1. The van der Waals surface area contributed by atoms with E-state index in [2.05, 4.69) is 44.9 Å². The lowest BCUT2D eigenvalue weighted by atomic mass is 9.68. The van der Waals surface area contributed by atoms with Gasteiger partial charge in [-0.3, -0.25) is 24.6 Å². The van der Waals surface area contributed by atoms with Gasteiger partial charge in [0.05, 0.1) is 31.4 Å². The Labute approximate surface area is 328 Å². The van der Waals surface area contributed by atoms with Crippen LogP contribution in [0.25, 0.3) is 0 Å². The van der Waals surface area contributed by atoms with E-state index < -0.39 is 11.1 Å². The Balaban J connectivity index is 1.39. The van der Waals surface area contributed by atoms with Gasteiger partial charge in [-0.25, -0.2) is 9.78 Å². The van der Waals surface area contributed by atoms with Gasteiger partial charge in [0, 0.05) is 65.8 Å². The number of methoxy groups -OCH3 is 1. The highest BCUT2D eigenvalue weighted by Crippen LogP contribution is 2.53. The quantitative estimate of drug-likeness (QED) is 0.236. The average molecular weight is 775 g/mol. The van der Waals surface area contributed by atoms with Gasteiger partial charge in [-0.2, -0.15) is 0 Å². The van der Waals surface area contributed by atoms with Crippen LogP contribution in [-0.4, -0.2) is 94.4 Å². The second-order valence-electron chi connectivity index (χ2n) is 15.1. The fraction of sp³-hybridized carbons (Fsp3) is 0.439. The lowest BCUT2D eigenvalue weighted by Gasteiger charge is -2.49. The van der Waals surface area contributed by atoms with Crippen LogP contribution in [0.3, 0.4) is 0 Å². The molecule has 1 aliphatic carbocycles. The summed E-state index contributed by atoms with van der Waals surface area (Å²) in [7, 11) is 1.51. The van der Waals surface area contributed by atoms with E-state index in [0.717, 1.165) is 21.9 Å². The summed E-state index contributed by atoms with van der Waals surface area (Å²) in [6.07, 6.45) is 8.65. The molecule has 2 atom stereocenters. The maximum Gasteiger partial charge on any atom is 0.326 e. The summed E-state index contributed by atoms with van der Waals surface area (Å²) in [6.45, 7) is 14.8. The maximum absolute atomic E-state index is 15.3. The number of carbonyl (C=O) groups excluding carboxylic acids is 2. The van der Waals surface area contributed by atoms with Gasteiger partial charge in [0.15, 0.2) is 0 Å². The molecule has 11 nitrogen and oxygen atoms in total. The van der Waals surface area contributed by atoms with Gasteiger partial charge < -0.3 is 19.7 Å². The Kier molecular flexibility index (Phi) is 11.4. The number of ether oxygens (including phenoxy) is 2. The van der Waals surface area contributed by atoms with E-state index in [1.807, 2.05) is 64.1 Å². The number of urea groups is 1. The number of pyridine rings is 2. The molecule has 13 heteroatoms. The zero-order chi connectivity index (χ0) is 38.8. The van der Waals surface area contributed by atoms with E-state index in [1.165, 1.54) is 7.11 Å². The highest BCUT2D eigenvalue weighted by Gasteiger charge is 2.61. The minimum atomic E-state index is -0.979. The van der Waals surface area contributed by atoms with Gasteiger partial charge in [0.1, 0.15) is 22.8 Å². The first-order chi connectivity index (χ1) is 25.7. The summed E-state index contributed by atoms with van der Waals surface area (Å²) in [5.74, 6) is 1.25. The van der Waals surface area contributed by atoms with Crippen molar-refractivity contribution in [2.24, 2.45) is 4.99 Å². The van der Waals surface area contributed by atoms with Crippen LogP contribution in [0.1, 0.15) is 71.2 Å². The first kappa shape index (κ1) is 39.2. The van der Waals surface area contributed by atoms with Gasteiger partial charge in [0.25, 0.3) is 0 Å². The van der Waals surface area contributed by atoms with Crippen LogP contribution in [-0.2, 0) is 15.7 Å². The molecule has 0 bridgehead atoms. The molecule has 0 spiro atoms. The van der Waals surface area contributed by atoms with Crippen LogP contribution < -0.4 is 14.8 Å². The summed E-state index contributed by atoms with van der Waals surface area (Å²) in [5.41, 5.74) is 1.77. The molecule has 3 amide bonds. The van der Waals surface area contributed by atoms with E-state index in [-0.39, 0.29) is 23.9 Å². The SMILES string of the molecule is CCOc1cc(C(C)(C)C)ncc1C1=NC(C)(c2ccc(Cl)cc2)C(C)(C2=CC=C(Cl)CC2)N1C(=O)N1CCN(CC(=O)Nc2cccnc2OC)CC1. The summed E-state index contributed by atoms with van der Waals surface area (Å²) in [5, 5.41) is 4.27. The fourth-order valence-corrected chi connectivity index (χ4v) is 7.71. The molecule has 0 radical (unpaired) electrons. The molecule has 4 heterocycles. The van der Waals surface area contributed by atoms with Gasteiger partial charge in [-0.05, 0) is 75.1 Å². The molecular formula is C41H49Cl2N7O4. The van der Waals surface area contributed by atoms with Crippen molar-refractivity contribution in [2.75, 3.05) is 51.8 Å². The summed E-state index contributed by atoms with van der Waals surface area (Å²) in [4.78, 5) is 48.7. The number of piperazine rings is 1. The fourth-order valence-electron chi connectivity index (χ4n) is 7.43. The molecule has 1 aromatic carbocycles. The van der Waals surface area contributed by atoms with Gasteiger partial charge in [-0.1, -0.05) is 62.2 Å². The first-order valence-electron chi connectivity index (χ1n) is 18.3. The number of anilines is 1. The standard InChI is InChI=1S/C41H49Cl2N7O4/c1-8-54-33-24-34(39(2,3)4)45-25-31(33)36-47-40(5,27-11-15-29(42)16-12-27)41(6,28-13-17-30(43)18-14-28)50(36)38(52)49-22-20-48(21-23-49)26-35(51)46-32-10-9-19-44-37(32)53-7/h9-13,15-17,19,24-25H,8,14,18,20-23,26H2,1-7H3,(H,46,51). The molecule has 1 fully saturated rings. The van der Waals surface area contributed by atoms with Crippen LogP contribution in [0.15, 0.2) is 82.6 Å². The molecule has 54 heavy (non-hydrogen) atoms. The zero-order valence-electron chi connectivity index (χ0n) is 32.1. The van der Waals surface area contributed by atoms with Crippen LogP contribution in [0.5, 0.6) is 11.6 Å². The van der Waals surface area contributed by atoms with Crippen molar-refractivity contribution in [3.05, 3.63) is 99.5 Å². The van der Waals surface area contributed by atoms with E-state index in [1.54, 1.807) is 24.5 Å². The van der Waals surface area contributed by atoms with Gasteiger partial charge in [-0.15, -0.1) is 0 Å². The van der Waals surface area contributed by atoms with Crippen LogP contribution in [0, 0.1) is 0 Å². The summed E-state index contributed by atoms with van der Waals surface area (Å²) >= 11 is 12.9. The second kappa shape index (κ2) is 15.7. The van der Waals surface area contributed by atoms with E-state index in [9.17, 15) is 4.79 Å². The molecule has 286 valence electrons. The van der Waals surface area contributed by atoms with Crippen molar-refractivity contribution in [3.63, 3.8) is 0 Å². The maximum atomic E-state index is 15.3. The Morgan fingerprint density at radius 2 is 1.70 bits per heavy atom. The Hall–Kier alpha value is -4.45. The predicted molar refractivity (Wildman–Crippen MR) is 214 cm³/mol. The smallest absolute Gasteiger partial charge is 0.326 e. The van der Waals surface area contributed by atoms with Crippen LogP contribution in [0.4, 0.5) is 10.5 Å². The van der Waals surface area contributed by atoms with Crippen LogP contribution >= 0.6 is 23.2 Å². The summed E-state index contributed by atoms with van der Waals surface area (Å²) in [6, 6.07) is 12.9. The van der Waals surface area contributed by atoms with Crippen molar-refractivity contribution >= 4 is 46.7 Å².